The Morgan fingerprint density at radius 1 is 0.975 bits per heavy atom. The van der Waals surface area contributed by atoms with Crippen molar-refractivity contribution in [2.24, 2.45) is 0 Å². The zero-order valence-corrected chi connectivity index (χ0v) is 23.0. The van der Waals surface area contributed by atoms with Crippen LogP contribution in [0.1, 0.15) is 44.6 Å². The molecule has 2 aromatic heterocycles. The molecule has 2 fully saturated rings. The van der Waals surface area contributed by atoms with Gasteiger partial charge in [0.15, 0.2) is 0 Å². The number of hydrogen-bond acceptors (Lipinski definition) is 7. The Hall–Kier alpha value is -3.09. The molecule has 14 heteroatoms. The fourth-order valence-electron chi connectivity index (χ4n) is 5.11. The normalized spacial score (nSPS) is 20.2. The molecule has 0 unspecified atom stereocenters. The van der Waals surface area contributed by atoms with Crippen LogP contribution in [0.2, 0.25) is 10.0 Å². The lowest BCUT2D eigenvalue weighted by Crippen LogP contribution is -2.45. The van der Waals surface area contributed by atoms with Gasteiger partial charge in [-0.1, -0.05) is 23.2 Å². The number of nitrogens with one attached hydrogen (secondary N) is 4. The number of carbonyl (C=O) groups excluding carboxylic acids is 1. The molecule has 3 heterocycles. The van der Waals surface area contributed by atoms with Crippen molar-refractivity contribution in [3.8, 4) is 11.1 Å². The Labute approximate surface area is 239 Å². The predicted octanol–water partition coefficient (Wildman–Crippen LogP) is 5.72. The molecule has 1 aliphatic heterocycles. The molecule has 0 bridgehead atoms. The van der Waals surface area contributed by atoms with Gasteiger partial charge in [0.1, 0.15) is 5.82 Å². The molecule has 4 N–H and O–H groups in total. The molecule has 3 aromatic rings. The summed E-state index contributed by atoms with van der Waals surface area (Å²) in [6, 6.07) is 4.77. The van der Waals surface area contributed by atoms with E-state index in [4.69, 9.17) is 28.2 Å². The van der Waals surface area contributed by atoms with E-state index < -0.39 is 18.1 Å². The van der Waals surface area contributed by atoms with Crippen molar-refractivity contribution in [2.45, 2.75) is 62.8 Å². The van der Waals surface area contributed by atoms with Gasteiger partial charge in [-0.2, -0.15) is 23.3 Å². The minimum Gasteiger partial charge on any atom is -0.367 e. The van der Waals surface area contributed by atoms with Crippen molar-refractivity contribution >= 4 is 46.6 Å². The number of alkyl halides is 3. The standard InChI is InChI=1S/C26H29Cl2F3N8O/c27-16-9-17(28)11-20(10-16)37-25-33-13-22(15-12-34-39(14-15)21-5-7-32-8-6-21)23(38-25)35-18-1-3-19(4-2-18)36-24(40)26(29,30)31/h9-14,18-19,21,32H,1-8H2,(H,36,40)(H2,33,35,37,38). The summed E-state index contributed by atoms with van der Waals surface area (Å²) in [5.41, 5.74) is 2.22. The first kappa shape index (κ1) is 28.4. The first-order valence-corrected chi connectivity index (χ1v) is 13.9. The summed E-state index contributed by atoms with van der Waals surface area (Å²) in [7, 11) is 0. The summed E-state index contributed by atoms with van der Waals surface area (Å²) in [5.74, 6) is -1.01. The zero-order valence-electron chi connectivity index (χ0n) is 21.4. The van der Waals surface area contributed by atoms with Crippen molar-refractivity contribution in [1.82, 2.24) is 30.4 Å². The smallest absolute Gasteiger partial charge is 0.367 e. The predicted molar refractivity (Wildman–Crippen MR) is 148 cm³/mol. The fourth-order valence-corrected chi connectivity index (χ4v) is 5.64. The maximum atomic E-state index is 12.7. The summed E-state index contributed by atoms with van der Waals surface area (Å²) in [6.07, 6.45) is 4.54. The number of halogens is 5. The van der Waals surface area contributed by atoms with Crippen LogP contribution in [0.3, 0.4) is 0 Å². The Balaban J connectivity index is 1.35. The van der Waals surface area contributed by atoms with E-state index >= 15 is 0 Å². The third-order valence-electron chi connectivity index (χ3n) is 7.16. The summed E-state index contributed by atoms with van der Waals surface area (Å²) >= 11 is 12.3. The second-order valence-corrected chi connectivity index (χ2v) is 11.0. The number of amides is 1. The summed E-state index contributed by atoms with van der Waals surface area (Å²) < 4.78 is 40.0. The van der Waals surface area contributed by atoms with Gasteiger partial charge in [0, 0.05) is 51.3 Å². The quantitative estimate of drug-likeness (QED) is 0.276. The van der Waals surface area contributed by atoms with Crippen LogP contribution in [-0.2, 0) is 4.79 Å². The van der Waals surface area contributed by atoms with Gasteiger partial charge < -0.3 is 21.3 Å². The lowest BCUT2D eigenvalue weighted by atomic mass is 9.91. The number of anilines is 3. The Bertz CT molecular complexity index is 1320. The van der Waals surface area contributed by atoms with Gasteiger partial charge in [0.2, 0.25) is 5.95 Å². The van der Waals surface area contributed by atoms with Crippen molar-refractivity contribution in [3.05, 3.63) is 46.8 Å². The average Bonchev–Trinajstić information content (AvgIpc) is 3.39. The highest BCUT2D eigenvalue weighted by Gasteiger charge is 2.40. The van der Waals surface area contributed by atoms with E-state index in [1.54, 1.807) is 30.6 Å². The van der Waals surface area contributed by atoms with Crippen LogP contribution >= 0.6 is 23.2 Å². The summed E-state index contributed by atoms with van der Waals surface area (Å²) in [4.78, 5) is 20.6. The highest BCUT2D eigenvalue weighted by Crippen LogP contribution is 2.32. The van der Waals surface area contributed by atoms with Crippen molar-refractivity contribution in [2.75, 3.05) is 23.7 Å². The van der Waals surface area contributed by atoms with E-state index in [9.17, 15) is 18.0 Å². The van der Waals surface area contributed by atoms with E-state index in [1.165, 1.54) is 0 Å². The minimum absolute atomic E-state index is 0.0550. The first-order valence-electron chi connectivity index (χ1n) is 13.1. The second kappa shape index (κ2) is 12.2. The van der Waals surface area contributed by atoms with Gasteiger partial charge in [-0.3, -0.25) is 9.48 Å². The number of aromatic nitrogens is 4. The molecule has 1 aromatic carbocycles. The minimum atomic E-state index is -4.89. The number of rotatable bonds is 7. The van der Waals surface area contributed by atoms with Crippen LogP contribution in [-0.4, -0.2) is 57.0 Å². The number of benzene rings is 1. The third kappa shape index (κ3) is 7.15. The summed E-state index contributed by atoms with van der Waals surface area (Å²) in [6.45, 7) is 1.88. The van der Waals surface area contributed by atoms with E-state index in [0.29, 0.717) is 59.2 Å². The van der Waals surface area contributed by atoms with E-state index in [-0.39, 0.29) is 6.04 Å². The number of piperidine rings is 1. The van der Waals surface area contributed by atoms with Crippen molar-refractivity contribution in [3.63, 3.8) is 0 Å². The van der Waals surface area contributed by atoms with Gasteiger partial charge in [-0.15, -0.1) is 0 Å². The van der Waals surface area contributed by atoms with Crippen LogP contribution < -0.4 is 21.3 Å². The molecular formula is C26H29Cl2F3N8O. The molecule has 1 aliphatic carbocycles. The Morgan fingerprint density at radius 2 is 1.65 bits per heavy atom. The molecule has 1 saturated carbocycles. The molecule has 0 spiro atoms. The van der Waals surface area contributed by atoms with Crippen LogP contribution in [0.4, 0.5) is 30.6 Å². The second-order valence-electron chi connectivity index (χ2n) is 10.1. The van der Waals surface area contributed by atoms with Gasteiger partial charge in [0.05, 0.1) is 12.2 Å². The Morgan fingerprint density at radius 3 is 2.33 bits per heavy atom. The summed E-state index contributed by atoms with van der Waals surface area (Å²) in [5, 5.41) is 17.6. The van der Waals surface area contributed by atoms with E-state index in [2.05, 4.69) is 31.3 Å². The molecule has 0 atom stereocenters. The monoisotopic (exact) mass is 596 g/mol. The van der Waals surface area contributed by atoms with Crippen molar-refractivity contribution < 1.29 is 18.0 Å². The molecule has 1 saturated heterocycles. The molecule has 5 rings (SSSR count). The number of nitrogens with zero attached hydrogens (tertiary/aromatic N) is 4. The average molecular weight is 597 g/mol. The third-order valence-corrected chi connectivity index (χ3v) is 7.60. The van der Waals surface area contributed by atoms with Gasteiger partial charge in [0.25, 0.3) is 0 Å². The molecule has 9 nitrogen and oxygen atoms in total. The Kier molecular flexibility index (Phi) is 8.67. The van der Waals surface area contributed by atoms with Gasteiger partial charge in [-0.05, 0) is 69.8 Å². The molecule has 1 amide bonds. The largest absolute Gasteiger partial charge is 0.471 e. The zero-order chi connectivity index (χ0) is 28.3. The van der Waals surface area contributed by atoms with Crippen LogP contribution in [0.5, 0.6) is 0 Å². The molecule has 214 valence electrons. The maximum Gasteiger partial charge on any atom is 0.471 e. The van der Waals surface area contributed by atoms with E-state index in [1.807, 2.05) is 10.9 Å². The SMILES string of the molecule is O=C(NC1CCC(Nc2nc(Nc3cc(Cl)cc(Cl)c3)ncc2-c2cnn(C3CCNCC3)c2)CC1)C(F)(F)F. The van der Waals surface area contributed by atoms with Crippen LogP contribution in [0.25, 0.3) is 11.1 Å². The highest BCUT2D eigenvalue weighted by molar-refractivity contribution is 6.35. The van der Waals surface area contributed by atoms with Crippen LogP contribution in [0, 0.1) is 0 Å². The van der Waals surface area contributed by atoms with Crippen molar-refractivity contribution in [1.29, 1.82) is 0 Å². The lowest BCUT2D eigenvalue weighted by molar-refractivity contribution is -0.174. The van der Waals surface area contributed by atoms with Gasteiger partial charge >= 0.3 is 12.1 Å². The number of carbonyl (C=O) groups is 1. The fraction of sp³-hybridized carbons (Fsp3) is 0.462. The van der Waals surface area contributed by atoms with Crippen LogP contribution in [0.15, 0.2) is 36.8 Å². The lowest BCUT2D eigenvalue weighted by Gasteiger charge is -2.30. The topological polar surface area (TPSA) is 109 Å². The highest BCUT2D eigenvalue weighted by atomic mass is 35.5. The van der Waals surface area contributed by atoms with E-state index in [0.717, 1.165) is 37.1 Å². The number of hydrogen-bond donors (Lipinski definition) is 4. The molecule has 40 heavy (non-hydrogen) atoms. The molecular weight excluding hydrogens is 568 g/mol. The first-order chi connectivity index (χ1) is 19.1. The maximum absolute atomic E-state index is 12.7. The molecule has 0 radical (unpaired) electrons. The van der Waals surface area contributed by atoms with Gasteiger partial charge in [-0.25, -0.2) is 4.98 Å². The molecule has 2 aliphatic rings.